The maximum absolute atomic E-state index is 13.4. The van der Waals surface area contributed by atoms with E-state index in [9.17, 15) is 4.79 Å². The second-order valence-electron chi connectivity index (χ2n) is 7.36. The number of hydrogen-bond donors (Lipinski definition) is 0. The van der Waals surface area contributed by atoms with Crippen LogP contribution in [0.3, 0.4) is 0 Å². The third-order valence-electron chi connectivity index (χ3n) is 4.68. The molecule has 3 rings (SSSR count). The topological polar surface area (TPSA) is 48.9 Å². The molecule has 1 amide bonds. The lowest BCUT2D eigenvalue weighted by Crippen LogP contribution is -2.33. The highest BCUT2D eigenvalue weighted by Gasteiger charge is 2.22. The molecule has 0 bridgehead atoms. The SMILES string of the molecule is COc1cccc2sc(N(CCCN(C)C)C(=O)c3ccc(N(C)C)cc3)nc12.Cl. The summed E-state index contributed by atoms with van der Waals surface area (Å²) in [6, 6.07) is 13.5. The molecule has 6 nitrogen and oxygen atoms in total. The Morgan fingerprint density at radius 1 is 1.03 bits per heavy atom. The maximum Gasteiger partial charge on any atom is 0.260 e. The highest BCUT2D eigenvalue weighted by molar-refractivity contribution is 7.22. The lowest BCUT2D eigenvalue weighted by Gasteiger charge is -2.21. The number of halogens is 1. The van der Waals surface area contributed by atoms with Gasteiger partial charge in [-0.1, -0.05) is 17.4 Å². The summed E-state index contributed by atoms with van der Waals surface area (Å²) >= 11 is 1.52. The number of para-hydroxylation sites is 1. The molecule has 0 atom stereocenters. The zero-order chi connectivity index (χ0) is 21.0. The van der Waals surface area contributed by atoms with Gasteiger partial charge in [0.05, 0.1) is 11.8 Å². The Morgan fingerprint density at radius 3 is 2.33 bits per heavy atom. The molecule has 2 aromatic carbocycles. The van der Waals surface area contributed by atoms with Gasteiger partial charge in [0.25, 0.3) is 5.91 Å². The van der Waals surface area contributed by atoms with Crippen molar-refractivity contribution in [3.63, 3.8) is 0 Å². The molecule has 1 heterocycles. The molecule has 0 fully saturated rings. The second-order valence-corrected chi connectivity index (χ2v) is 8.37. The van der Waals surface area contributed by atoms with Gasteiger partial charge in [0.15, 0.2) is 5.13 Å². The summed E-state index contributed by atoms with van der Waals surface area (Å²) in [5.74, 6) is 0.688. The van der Waals surface area contributed by atoms with E-state index in [2.05, 4.69) is 4.90 Å². The van der Waals surface area contributed by atoms with Crippen molar-refractivity contribution in [3.8, 4) is 5.75 Å². The number of benzene rings is 2. The monoisotopic (exact) mass is 448 g/mol. The largest absolute Gasteiger partial charge is 0.494 e. The average Bonchev–Trinajstić information content (AvgIpc) is 3.14. The van der Waals surface area contributed by atoms with Gasteiger partial charge in [0.1, 0.15) is 11.3 Å². The van der Waals surface area contributed by atoms with Gasteiger partial charge in [-0.25, -0.2) is 4.98 Å². The summed E-state index contributed by atoms with van der Waals surface area (Å²) in [4.78, 5) is 24.0. The van der Waals surface area contributed by atoms with Gasteiger partial charge >= 0.3 is 0 Å². The fourth-order valence-corrected chi connectivity index (χ4v) is 4.09. The molecule has 0 aliphatic heterocycles. The van der Waals surface area contributed by atoms with Crippen LogP contribution in [-0.4, -0.2) is 64.2 Å². The first-order valence-electron chi connectivity index (χ1n) is 9.58. The summed E-state index contributed by atoms with van der Waals surface area (Å²) in [6.07, 6.45) is 0.863. The van der Waals surface area contributed by atoms with E-state index in [0.717, 1.165) is 34.6 Å². The van der Waals surface area contributed by atoms with Crippen LogP contribution < -0.4 is 14.5 Å². The van der Waals surface area contributed by atoms with Gasteiger partial charge in [0, 0.05) is 31.9 Å². The zero-order valence-electron chi connectivity index (χ0n) is 18.1. The van der Waals surface area contributed by atoms with Gasteiger partial charge in [-0.05, 0) is 63.5 Å². The van der Waals surface area contributed by atoms with Gasteiger partial charge in [-0.3, -0.25) is 9.69 Å². The summed E-state index contributed by atoms with van der Waals surface area (Å²) < 4.78 is 6.45. The van der Waals surface area contributed by atoms with Crippen molar-refractivity contribution in [3.05, 3.63) is 48.0 Å². The Balaban J connectivity index is 0.00000320. The number of hydrogen-bond acceptors (Lipinski definition) is 6. The van der Waals surface area contributed by atoms with Crippen LogP contribution in [0.5, 0.6) is 5.75 Å². The molecule has 0 radical (unpaired) electrons. The Morgan fingerprint density at radius 2 is 1.73 bits per heavy atom. The van der Waals surface area contributed by atoms with Gasteiger partial charge in [-0.15, -0.1) is 12.4 Å². The molecular formula is C22H29ClN4O2S. The number of ether oxygens (including phenoxy) is 1. The summed E-state index contributed by atoms with van der Waals surface area (Å²) in [6.45, 7) is 1.51. The first-order valence-corrected chi connectivity index (χ1v) is 10.4. The predicted molar refractivity (Wildman–Crippen MR) is 129 cm³/mol. The van der Waals surface area contributed by atoms with Crippen LogP contribution >= 0.6 is 23.7 Å². The van der Waals surface area contributed by atoms with E-state index in [-0.39, 0.29) is 18.3 Å². The fourth-order valence-electron chi connectivity index (χ4n) is 3.08. The van der Waals surface area contributed by atoms with Gasteiger partial charge in [-0.2, -0.15) is 0 Å². The predicted octanol–water partition coefficient (Wildman–Crippen LogP) is 4.39. The van der Waals surface area contributed by atoms with Crippen molar-refractivity contribution in [2.45, 2.75) is 6.42 Å². The van der Waals surface area contributed by atoms with E-state index in [0.29, 0.717) is 17.2 Å². The molecule has 0 saturated carbocycles. The Bertz CT molecular complexity index is 973. The standard InChI is InChI=1S/C22H28N4O2S.ClH/c1-24(2)14-7-15-26(21(27)16-10-12-17(13-11-16)25(3)4)22-23-20-18(28-5)8-6-9-19(20)29-22;/h6,8-13H,7,14-15H2,1-5H3;1H. The Hall–Kier alpha value is -2.35. The van der Waals surface area contributed by atoms with Crippen LogP contribution in [0.25, 0.3) is 10.2 Å². The molecule has 0 saturated heterocycles. The minimum atomic E-state index is -0.0351. The van der Waals surface area contributed by atoms with Gasteiger partial charge < -0.3 is 14.5 Å². The number of anilines is 2. The first-order chi connectivity index (χ1) is 13.9. The van der Waals surface area contributed by atoms with Crippen molar-refractivity contribution in [2.75, 3.05) is 58.2 Å². The van der Waals surface area contributed by atoms with Crippen molar-refractivity contribution in [1.82, 2.24) is 9.88 Å². The first kappa shape index (κ1) is 23.9. The molecule has 3 aromatic rings. The van der Waals surface area contributed by atoms with E-state index in [1.165, 1.54) is 11.3 Å². The highest BCUT2D eigenvalue weighted by Crippen LogP contribution is 2.34. The quantitative estimate of drug-likeness (QED) is 0.511. The minimum Gasteiger partial charge on any atom is -0.494 e. The molecule has 30 heavy (non-hydrogen) atoms. The van der Waals surface area contributed by atoms with Crippen LogP contribution in [0.15, 0.2) is 42.5 Å². The normalized spacial score (nSPS) is 10.7. The molecule has 162 valence electrons. The number of carbonyl (C=O) groups is 1. The third-order valence-corrected chi connectivity index (χ3v) is 5.73. The highest BCUT2D eigenvalue weighted by atomic mass is 35.5. The molecule has 1 aromatic heterocycles. The molecular weight excluding hydrogens is 420 g/mol. The van der Waals surface area contributed by atoms with Crippen molar-refractivity contribution in [1.29, 1.82) is 0 Å². The fraction of sp³-hybridized carbons (Fsp3) is 0.364. The number of thiazole rings is 1. The Kier molecular flexibility index (Phi) is 8.46. The zero-order valence-corrected chi connectivity index (χ0v) is 19.7. The number of nitrogens with zero attached hydrogens (tertiary/aromatic N) is 4. The molecule has 0 aliphatic rings. The molecule has 8 heteroatoms. The molecule has 0 N–H and O–H groups in total. The lowest BCUT2D eigenvalue weighted by molar-refractivity contribution is 0.0986. The molecule has 0 spiro atoms. The van der Waals surface area contributed by atoms with E-state index in [1.807, 2.05) is 75.6 Å². The average molecular weight is 449 g/mol. The van der Waals surface area contributed by atoms with Crippen molar-refractivity contribution < 1.29 is 9.53 Å². The van der Waals surface area contributed by atoms with E-state index >= 15 is 0 Å². The van der Waals surface area contributed by atoms with E-state index in [1.54, 1.807) is 12.0 Å². The number of carbonyl (C=O) groups excluding carboxylic acids is 1. The van der Waals surface area contributed by atoms with Crippen molar-refractivity contribution in [2.24, 2.45) is 0 Å². The Labute approximate surface area is 188 Å². The minimum absolute atomic E-state index is 0. The molecule has 0 aliphatic carbocycles. The van der Waals surface area contributed by atoms with Crippen molar-refractivity contribution >= 4 is 50.7 Å². The van der Waals surface area contributed by atoms with Gasteiger partial charge in [0.2, 0.25) is 0 Å². The van der Waals surface area contributed by atoms with Crippen LogP contribution in [0.1, 0.15) is 16.8 Å². The number of rotatable bonds is 8. The lowest BCUT2D eigenvalue weighted by atomic mass is 10.1. The number of amides is 1. The summed E-state index contributed by atoms with van der Waals surface area (Å²) in [5, 5.41) is 0.699. The van der Waals surface area contributed by atoms with E-state index in [4.69, 9.17) is 9.72 Å². The van der Waals surface area contributed by atoms with Crippen LogP contribution in [0.2, 0.25) is 0 Å². The summed E-state index contributed by atoms with van der Waals surface area (Å²) in [5.41, 5.74) is 2.51. The number of fused-ring (bicyclic) bond motifs is 1. The molecule has 0 unspecified atom stereocenters. The van der Waals surface area contributed by atoms with Crippen LogP contribution in [0, 0.1) is 0 Å². The third kappa shape index (κ3) is 5.41. The number of aromatic nitrogens is 1. The maximum atomic E-state index is 13.4. The smallest absolute Gasteiger partial charge is 0.260 e. The summed E-state index contributed by atoms with van der Waals surface area (Å²) in [7, 11) is 9.68. The second kappa shape index (κ2) is 10.6. The number of methoxy groups -OCH3 is 1. The van der Waals surface area contributed by atoms with Crippen LogP contribution in [-0.2, 0) is 0 Å². The van der Waals surface area contributed by atoms with E-state index < -0.39 is 0 Å². The van der Waals surface area contributed by atoms with Crippen LogP contribution in [0.4, 0.5) is 10.8 Å².